The molecule has 4 fully saturated rings. The van der Waals surface area contributed by atoms with Crippen molar-refractivity contribution in [2.45, 2.75) is 44.9 Å². The summed E-state index contributed by atoms with van der Waals surface area (Å²) < 4.78 is 10.5. The third-order valence-electron chi connectivity index (χ3n) is 6.91. The maximum atomic E-state index is 12.5. The maximum absolute atomic E-state index is 12.5. The molecule has 2 amide bonds. The number of rotatable bonds is 6. The highest BCUT2D eigenvalue weighted by molar-refractivity contribution is 6.32. The van der Waals surface area contributed by atoms with Gasteiger partial charge >= 0.3 is 0 Å². The molecule has 5 rings (SSSR count). The van der Waals surface area contributed by atoms with Crippen LogP contribution in [0, 0.1) is 23.2 Å². The maximum Gasteiger partial charge on any atom is 0.262 e. The van der Waals surface area contributed by atoms with Crippen molar-refractivity contribution < 1.29 is 19.1 Å². The van der Waals surface area contributed by atoms with E-state index in [1.807, 2.05) is 0 Å². The topological polar surface area (TPSA) is 76.7 Å². The number of amides is 2. The molecule has 1 aromatic rings. The molecular formula is C23H29ClN2O4. The predicted molar refractivity (Wildman–Crippen MR) is 115 cm³/mol. The lowest BCUT2D eigenvalue weighted by molar-refractivity contribution is -0.133. The lowest BCUT2D eigenvalue weighted by atomic mass is 9.49. The summed E-state index contributed by atoms with van der Waals surface area (Å²) in [6.45, 7) is 0. The molecule has 0 aromatic heterocycles. The lowest BCUT2D eigenvalue weighted by Crippen LogP contribution is -2.49. The summed E-state index contributed by atoms with van der Waals surface area (Å²) in [5.41, 5.74) is 5.91. The summed E-state index contributed by atoms with van der Waals surface area (Å²) in [7, 11) is 3.03. The molecule has 7 heteroatoms. The van der Waals surface area contributed by atoms with Crippen LogP contribution < -0.4 is 20.3 Å². The third-order valence-corrected chi connectivity index (χ3v) is 7.19. The minimum absolute atomic E-state index is 0.104. The van der Waals surface area contributed by atoms with E-state index in [2.05, 4.69) is 10.9 Å². The number of carbonyl (C=O) groups excluding carboxylic acids is 2. The van der Waals surface area contributed by atoms with Crippen molar-refractivity contribution in [3.8, 4) is 11.5 Å². The van der Waals surface area contributed by atoms with Gasteiger partial charge in [-0.2, -0.15) is 0 Å². The first kappa shape index (κ1) is 21.0. The SMILES string of the molecule is COc1cc(C=CC(=O)NNC(=O)CC23CC4CC(CC(C4)C2)C3)cc(Cl)c1OC. The molecule has 30 heavy (non-hydrogen) atoms. The second-order valence-corrected chi connectivity index (χ2v) is 9.61. The first-order chi connectivity index (χ1) is 14.4. The zero-order valence-electron chi connectivity index (χ0n) is 17.5. The molecule has 4 saturated carbocycles. The fourth-order valence-electron chi connectivity index (χ4n) is 6.27. The van der Waals surface area contributed by atoms with Gasteiger partial charge in [0, 0.05) is 12.5 Å². The number of carbonyl (C=O) groups is 2. The van der Waals surface area contributed by atoms with Crippen molar-refractivity contribution >= 4 is 29.5 Å². The van der Waals surface area contributed by atoms with Crippen LogP contribution in [0.5, 0.6) is 11.5 Å². The van der Waals surface area contributed by atoms with E-state index < -0.39 is 5.91 Å². The zero-order chi connectivity index (χ0) is 21.3. The van der Waals surface area contributed by atoms with Gasteiger partial charge in [0.25, 0.3) is 5.91 Å². The van der Waals surface area contributed by atoms with Crippen LogP contribution in [0.15, 0.2) is 18.2 Å². The van der Waals surface area contributed by atoms with Gasteiger partial charge in [0.2, 0.25) is 5.91 Å². The Bertz CT molecular complexity index is 832. The van der Waals surface area contributed by atoms with Crippen LogP contribution >= 0.6 is 11.6 Å². The van der Waals surface area contributed by atoms with E-state index in [9.17, 15) is 9.59 Å². The molecule has 0 unspecified atom stereocenters. The van der Waals surface area contributed by atoms with Crippen LogP contribution in [-0.2, 0) is 9.59 Å². The minimum atomic E-state index is -0.403. The fourth-order valence-corrected chi connectivity index (χ4v) is 6.57. The van der Waals surface area contributed by atoms with Crippen molar-refractivity contribution in [1.82, 2.24) is 10.9 Å². The van der Waals surface area contributed by atoms with Gasteiger partial charge in [0.05, 0.1) is 19.2 Å². The molecule has 0 radical (unpaired) electrons. The summed E-state index contributed by atoms with van der Waals surface area (Å²) in [5.74, 6) is 2.82. The summed E-state index contributed by atoms with van der Waals surface area (Å²) >= 11 is 6.18. The van der Waals surface area contributed by atoms with E-state index in [4.69, 9.17) is 21.1 Å². The third kappa shape index (κ3) is 4.43. The van der Waals surface area contributed by atoms with Crippen molar-refractivity contribution in [2.24, 2.45) is 23.2 Å². The molecule has 4 aliphatic rings. The quantitative estimate of drug-likeness (QED) is 0.523. The fraction of sp³-hybridized carbons (Fsp3) is 0.565. The molecule has 162 valence electrons. The summed E-state index contributed by atoms with van der Waals surface area (Å²) in [4.78, 5) is 24.7. The molecule has 2 N–H and O–H groups in total. The Hall–Kier alpha value is -2.21. The molecule has 4 aliphatic carbocycles. The van der Waals surface area contributed by atoms with Crippen LogP contribution in [0.25, 0.3) is 6.08 Å². The summed E-state index contributed by atoms with van der Waals surface area (Å²) in [6, 6.07) is 3.40. The molecule has 0 heterocycles. The predicted octanol–water partition coefficient (Wildman–Crippen LogP) is 4.12. The van der Waals surface area contributed by atoms with Gasteiger partial charge in [0.1, 0.15) is 0 Å². The van der Waals surface area contributed by atoms with Crippen LogP contribution in [0.2, 0.25) is 5.02 Å². The van der Waals surface area contributed by atoms with Gasteiger partial charge in [-0.1, -0.05) is 11.6 Å². The lowest BCUT2D eigenvalue weighted by Gasteiger charge is -2.56. The molecule has 4 bridgehead atoms. The summed E-state index contributed by atoms with van der Waals surface area (Å²) in [5, 5.41) is 0.390. The highest BCUT2D eigenvalue weighted by Crippen LogP contribution is 2.61. The van der Waals surface area contributed by atoms with Crippen LogP contribution in [0.3, 0.4) is 0 Å². The van der Waals surface area contributed by atoms with Crippen molar-refractivity contribution in [3.05, 3.63) is 28.8 Å². The molecule has 0 saturated heterocycles. The van der Waals surface area contributed by atoms with Crippen LogP contribution in [0.1, 0.15) is 50.5 Å². The molecular weight excluding hydrogens is 404 g/mol. The Balaban J connectivity index is 1.30. The van der Waals surface area contributed by atoms with Gasteiger partial charge in [-0.3, -0.25) is 20.4 Å². The van der Waals surface area contributed by atoms with E-state index in [1.165, 1.54) is 58.8 Å². The number of hydrogen-bond donors (Lipinski definition) is 2. The van der Waals surface area contributed by atoms with E-state index in [0.29, 0.717) is 28.5 Å². The van der Waals surface area contributed by atoms with Gasteiger partial charge in [-0.15, -0.1) is 0 Å². The van der Waals surface area contributed by atoms with E-state index in [-0.39, 0.29) is 11.3 Å². The van der Waals surface area contributed by atoms with E-state index in [0.717, 1.165) is 17.8 Å². The number of halogens is 1. The normalized spacial score (nSPS) is 29.1. The number of ether oxygens (including phenoxy) is 2. The first-order valence-electron chi connectivity index (χ1n) is 10.6. The Morgan fingerprint density at radius 2 is 1.70 bits per heavy atom. The van der Waals surface area contributed by atoms with Crippen molar-refractivity contribution in [3.63, 3.8) is 0 Å². The second kappa shape index (κ2) is 8.50. The Labute approximate surface area is 182 Å². The van der Waals surface area contributed by atoms with Crippen molar-refractivity contribution in [2.75, 3.05) is 14.2 Å². The molecule has 1 aromatic carbocycles. The second-order valence-electron chi connectivity index (χ2n) is 9.20. The molecule has 0 atom stereocenters. The number of hydrogen-bond acceptors (Lipinski definition) is 4. The van der Waals surface area contributed by atoms with Crippen LogP contribution in [-0.4, -0.2) is 26.0 Å². The standard InChI is InChI=1S/C23H29ClN2O4/c1-29-19-9-14(8-18(24)22(19)30-2)3-4-20(27)25-26-21(28)13-23-10-15-5-16(11-23)7-17(6-15)12-23/h3-4,8-9,15-17H,5-7,10-13H2,1-2H3,(H,25,27)(H,26,28). The zero-order valence-corrected chi connectivity index (χ0v) is 18.3. The average Bonchev–Trinajstić information content (AvgIpc) is 2.68. The number of hydrazine groups is 1. The monoisotopic (exact) mass is 432 g/mol. The van der Waals surface area contributed by atoms with E-state index in [1.54, 1.807) is 18.2 Å². The highest BCUT2D eigenvalue weighted by Gasteiger charge is 2.51. The Morgan fingerprint density at radius 3 is 2.27 bits per heavy atom. The highest BCUT2D eigenvalue weighted by atomic mass is 35.5. The van der Waals surface area contributed by atoms with Crippen molar-refractivity contribution in [1.29, 1.82) is 0 Å². The van der Waals surface area contributed by atoms with Gasteiger partial charge < -0.3 is 9.47 Å². The number of methoxy groups -OCH3 is 2. The average molecular weight is 433 g/mol. The van der Waals surface area contributed by atoms with Gasteiger partial charge in [-0.25, -0.2) is 0 Å². The Morgan fingerprint density at radius 1 is 1.07 bits per heavy atom. The first-order valence-corrected chi connectivity index (χ1v) is 11.0. The smallest absolute Gasteiger partial charge is 0.262 e. The molecule has 0 aliphatic heterocycles. The van der Waals surface area contributed by atoms with Crippen LogP contribution in [0.4, 0.5) is 0 Å². The van der Waals surface area contributed by atoms with Gasteiger partial charge in [-0.05, 0) is 85.5 Å². The Kier molecular flexibility index (Phi) is 5.96. The largest absolute Gasteiger partial charge is 0.493 e. The number of benzene rings is 1. The molecule has 6 nitrogen and oxygen atoms in total. The summed E-state index contributed by atoms with van der Waals surface area (Å²) in [6.07, 6.45) is 11.0. The van der Waals surface area contributed by atoms with Gasteiger partial charge in [0.15, 0.2) is 11.5 Å². The minimum Gasteiger partial charge on any atom is -0.493 e. The molecule has 0 spiro atoms. The number of nitrogens with one attached hydrogen (secondary N) is 2. The van der Waals surface area contributed by atoms with E-state index >= 15 is 0 Å².